The molecule has 2 unspecified atom stereocenters. The van der Waals surface area contributed by atoms with Crippen molar-refractivity contribution in [3.8, 4) is 11.5 Å². The number of ether oxygens (including phenoxy) is 2. The lowest BCUT2D eigenvalue weighted by Crippen LogP contribution is -2.34. The molecule has 1 aliphatic heterocycles. The van der Waals surface area contributed by atoms with E-state index < -0.39 is 0 Å². The van der Waals surface area contributed by atoms with Gasteiger partial charge in [0.05, 0.1) is 7.11 Å². The van der Waals surface area contributed by atoms with Crippen LogP contribution in [-0.4, -0.2) is 13.2 Å². The lowest BCUT2D eigenvalue weighted by atomic mass is 9.89. The van der Waals surface area contributed by atoms with Gasteiger partial charge in [-0.3, -0.25) is 0 Å². The molecule has 2 aliphatic rings. The topological polar surface area (TPSA) is 44.5 Å². The van der Waals surface area contributed by atoms with E-state index in [2.05, 4.69) is 0 Å². The molecule has 2 atom stereocenters. The maximum atomic E-state index is 6.29. The molecule has 18 heavy (non-hydrogen) atoms. The van der Waals surface area contributed by atoms with E-state index in [1.807, 2.05) is 18.2 Å². The van der Waals surface area contributed by atoms with Crippen LogP contribution < -0.4 is 15.2 Å². The Bertz CT molecular complexity index is 427. The summed E-state index contributed by atoms with van der Waals surface area (Å²) in [5.74, 6) is 2.50. The van der Waals surface area contributed by atoms with Crippen LogP contribution in [0.5, 0.6) is 11.5 Å². The molecule has 0 aromatic heterocycles. The lowest BCUT2D eigenvalue weighted by molar-refractivity contribution is 0.101. The summed E-state index contributed by atoms with van der Waals surface area (Å²) in [6, 6.07) is 6.03. The smallest absolute Gasteiger partial charge is 0.124 e. The summed E-state index contributed by atoms with van der Waals surface area (Å²) in [6.45, 7) is 0. The Morgan fingerprint density at radius 2 is 2.06 bits per heavy atom. The molecule has 1 aliphatic carbocycles. The Kier molecular flexibility index (Phi) is 3.16. The van der Waals surface area contributed by atoms with Crippen molar-refractivity contribution < 1.29 is 9.47 Å². The predicted octanol–water partition coefficient (Wildman–Crippen LogP) is 3.04. The van der Waals surface area contributed by atoms with Gasteiger partial charge in [0.25, 0.3) is 0 Å². The highest BCUT2D eigenvalue weighted by molar-refractivity contribution is 5.43. The number of hydrogen-bond acceptors (Lipinski definition) is 3. The van der Waals surface area contributed by atoms with Crippen molar-refractivity contribution in [1.29, 1.82) is 0 Å². The first kappa shape index (κ1) is 11.8. The molecule has 0 radical (unpaired) electrons. The van der Waals surface area contributed by atoms with Crippen LogP contribution in [0.3, 0.4) is 0 Å². The number of hydrogen-bond donors (Lipinski definition) is 1. The van der Waals surface area contributed by atoms with E-state index in [0.29, 0.717) is 12.0 Å². The van der Waals surface area contributed by atoms with Gasteiger partial charge < -0.3 is 15.2 Å². The van der Waals surface area contributed by atoms with Crippen LogP contribution in [0.15, 0.2) is 18.2 Å². The fourth-order valence-electron chi connectivity index (χ4n) is 3.26. The summed E-state index contributed by atoms with van der Waals surface area (Å²) in [6.07, 6.45) is 6.52. The highest BCUT2D eigenvalue weighted by atomic mass is 16.5. The standard InChI is InChI=1S/C15H21NO2/c1-17-11-6-7-14-12(8-11)13(16)9-15(18-14)10-4-2-3-5-10/h6-8,10,13,15H,2-5,9,16H2,1H3. The first-order valence-electron chi connectivity index (χ1n) is 6.88. The fourth-order valence-corrected chi connectivity index (χ4v) is 3.26. The largest absolute Gasteiger partial charge is 0.497 e. The molecule has 3 nitrogen and oxygen atoms in total. The fraction of sp³-hybridized carbons (Fsp3) is 0.600. The third-order valence-corrected chi connectivity index (χ3v) is 4.31. The molecule has 1 aromatic rings. The third kappa shape index (κ3) is 2.07. The zero-order chi connectivity index (χ0) is 12.5. The number of rotatable bonds is 2. The molecule has 0 amide bonds. The number of nitrogens with two attached hydrogens (primary N) is 1. The van der Waals surface area contributed by atoms with Gasteiger partial charge in [0, 0.05) is 18.0 Å². The maximum Gasteiger partial charge on any atom is 0.124 e. The average molecular weight is 247 g/mol. The van der Waals surface area contributed by atoms with Gasteiger partial charge in [-0.2, -0.15) is 0 Å². The predicted molar refractivity (Wildman–Crippen MR) is 70.9 cm³/mol. The van der Waals surface area contributed by atoms with Crippen LogP contribution in [0.25, 0.3) is 0 Å². The van der Waals surface area contributed by atoms with Crippen LogP contribution >= 0.6 is 0 Å². The highest BCUT2D eigenvalue weighted by Crippen LogP contribution is 2.41. The molecule has 1 saturated carbocycles. The second kappa shape index (κ2) is 4.81. The van der Waals surface area contributed by atoms with Gasteiger partial charge in [-0.15, -0.1) is 0 Å². The number of benzene rings is 1. The third-order valence-electron chi connectivity index (χ3n) is 4.31. The van der Waals surface area contributed by atoms with E-state index in [0.717, 1.165) is 23.5 Å². The zero-order valence-electron chi connectivity index (χ0n) is 10.9. The van der Waals surface area contributed by atoms with Crippen LogP contribution in [0, 0.1) is 5.92 Å². The molecule has 2 N–H and O–H groups in total. The van der Waals surface area contributed by atoms with E-state index in [1.165, 1.54) is 25.7 Å². The van der Waals surface area contributed by atoms with Crippen LogP contribution in [0.4, 0.5) is 0 Å². The molecule has 1 aromatic carbocycles. The molecule has 3 rings (SSSR count). The Hall–Kier alpha value is -1.22. The summed E-state index contributed by atoms with van der Waals surface area (Å²) >= 11 is 0. The molecular formula is C15H21NO2. The average Bonchev–Trinajstić information content (AvgIpc) is 2.92. The molecular weight excluding hydrogens is 226 g/mol. The van der Waals surface area contributed by atoms with Gasteiger partial charge in [0.15, 0.2) is 0 Å². The first-order valence-corrected chi connectivity index (χ1v) is 6.88. The molecule has 1 heterocycles. The van der Waals surface area contributed by atoms with Gasteiger partial charge in [-0.05, 0) is 37.0 Å². The summed E-state index contributed by atoms with van der Waals surface area (Å²) in [5, 5.41) is 0. The summed E-state index contributed by atoms with van der Waals surface area (Å²) < 4.78 is 11.4. The van der Waals surface area contributed by atoms with Crippen LogP contribution in [0.2, 0.25) is 0 Å². The first-order chi connectivity index (χ1) is 8.78. The maximum absolute atomic E-state index is 6.29. The van der Waals surface area contributed by atoms with Crippen molar-refractivity contribution in [2.24, 2.45) is 11.7 Å². The van der Waals surface area contributed by atoms with Gasteiger partial charge in [-0.1, -0.05) is 12.8 Å². The lowest BCUT2D eigenvalue weighted by Gasteiger charge is -2.33. The second-order valence-corrected chi connectivity index (χ2v) is 5.45. The van der Waals surface area contributed by atoms with Crippen molar-refractivity contribution in [3.63, 3.8) is 0 Å². The Labute approximate surface area is 108 Å². The zero-order valence-corrected chi connectivity index (χ0v) is 10.9. The van der Waals surface area contributed by atoms with E-state index in [4.69, 9.17) is 15.2 Å². The van der Waals surface area contributed by atoms with Crippen LogP contribution in [0.1, 0.15) is 43.7 Å². The van der Waals surface area contributed by atoms with Gasteiger partial charge >= 0.3 is 0 Å². The van der Waals surface area contributed by atoms with Gasteiger partial charge in [0.1, 0.15) is 17.6 Å². The number of methoxy groups -OCH3 is 1. The van der Waals surface area contributed by atoms with Crippen molar-refractivity contribution in [2.75, 3.05) is 7.11 Å². The molecule has 1 fully saturated rings. The minimum atomic E-state index is 0.0782. The normalized spacial score (nSPS) is 27.7. The summed E-state index contributed by atoms with van der Waals surface area (Å²) in [5.41, 5.74) is 7.38. The Morgan fingerprint density at radius 3 is 2.78 bits per heavy atom. The van der Waals surface area contributed by atoms with Crippen molar-refractivity contribution in [3.05, 3.63) is 23.8 Å². The second-order valence-electron chi connectivity index (χ2n) is 5.45. The monoisotopic (exact) mass is 247 g/mol. The van der Waals surface area contributed by atoms with Crippen molar-refractivity contribution >= 4 is 0 Å². The van der Waals surface area contributed by atoms with E-state index in [9.17, 15) is 0 Å². The molecule has 0 spiro atoms. The molecule has 0 bridgehead atoms. The quantitative estimate of drug-likeness (QED) is 0.873. The molecule has 3 heteroatoms. The Morgan fingerprint density at radius 1 is 1.28 bits per heavy atom. The van der Waals surface area contributed by atoms with E-state index >= 15 is 0 Å². The Balaban J connectivity index is 1.83. The van der Waals surface area contributed by atoms with Crippen molar-refractivity contribution in [2.45, 2.75) is 44.2 Å². The van der Waals surface area contributed by atoms with E-state index in [1.54, 1.807) is 7.11 Å². The number of fused-ring (bicyclic) bond motifs is 1. The summed E-state index contributed by atoms with van der Waals surface area (Å²) in [4.78, 5) is 0. The van der Waals surface area contributed by atoms with Crippen LogP contribution in [-0.2, 0) is 0 Å². The van der Waals surface area contributed by atoms with Gasteiger partial charge in [0.2, 0.25) is 0 Å². The minimum Gasteiger partial charge on any atom is -0.497 e. The summed E-state index contributed by atoms with van der Waals surface area (Å²) in [7, 11) is 1.68. The minimum absolute atomic E-state index is 0.0782. The molecule has 98 valence electrons. The highest BCUT2D eigenvalue weighted by Gasteiger charge is 2.33. The molecule has 0 saturated heterocycles. The van der Waals surface area contributed by atoms with Crippen molar-refractivity contribution in [1.82, 2.24) is 0 Å². The van der Waals surface area contributed by atoms with E-state index in [-0.39, 0.29) is 6.04 Å². The SMILES string of the molecule is COc1ccc2c(c1)C(N)CC(C1CCCC1)O2. The van der Waals surface area contributed by atoms with Gasteiger partial charge in [-0.25, -0.2) is 0 Å².